The number of rotatable bonds is 5. The van der Waals surface area contributed by atoms with E-state index in [1.54, 1.807) is 12.1 Å². The number of pyridine rings is 1. The average molecular weight is 339 g/mol. The van der Waals surface area contributed by atoms with Gasteiger partial charge in [0.2, 0.25) is 0 Å². The molecule has 128 valence electrons. The van der Waals surface area contributed by atoms with E-state index in [9.17, 15) is 9.35 Å². The third-order valence-corrected chi connectivity index (χ3v) is 5.62. The van der Waals surface area contributed by atoms with Crippen molar-refractivity contribution in [3.05, 3.63) is 23.5 Å². The van der Waals surface area contributed by atoms with Crippen molar-refractivity contribution < 1.29 is 14.1 Å². The van der Waals surface area contributed by atoms with Crippen LogP contribution < -0.4 is 15.2 Å². The summed E-state index contributed by atoms with van der Waals surface area (Å²) < 4.78 is 20.0. The Labute approximate surface area is 140 Å². The first-order valence-electron chi connectivity index (χ1n) is 7.69. The van der Waals surface area contributed by atoms with Gasteiger partial charge in [-0.3, -0.25) is 4.98 Å². The molecule has 1 aromatic heterocycles. The third-order valence-electron chi connectivity index (χ3n) is 3.94. The van der Waals surface area contributed by atoms with E-state index < -0.39 is 17.5 Å². The summed E-state index contributed by atoms with van der Waals surface area (Å²) in [6.07, 6.45) is 1.25. The van der Waals surface area contributed by atoms with Gasteiger partial charge < -0.3 is 15.0 Å². The van der Waals surface area contributed by atoms with E-state index >= 15 is 0 Å². The fraction of sp³-hybridized carbons (Fsp3) is 0.625. The molecule has 0 radical (unpaired) electrons. The van der Waals surface area contributed by atoms with Crippen molar-refractivity contribution in [1.29, 1.82) is 0 Å². The minimum Gasteiger partial charge on any atom is -0.598 e. The zero-order chi connectivity index (χ0) is 17.4. The Morgan fingerprint density at radius 1 is 1.48 bits per heavy atom. The van der Waals surface area contributed by atoms with Crippen LogP contribution in [0.5, 0.6) is 5.75 Å². The summed E-state index contributed by atoms with van der Waals surface area (Å²) in [6, 6.07) is 3.18. The zero-order valence-electron chi connectivity index (χ0n) is 14.3. The van der Waals surface area contributed by atoms with Gasteiger partial charge in [0, 0.05) is 28.9 Å². The molecule has 1 saturated carbocycles. The second-order valence-corrected chi connectivity index (χ2v) is 9.31. The molecular weight excluding hydrogens is 314 g/mol. The Bertz CT molecular complexity index is 597. The molecule has 0 spiro atoms. The Kier molecular flexibility index (Phi) is 4.94. The summed E-state index contributed by atoms with van der Waals surface area (Å²) in [5, 5.41) is 0. The number of carbonyl (C=O) groups excluding carboxylic acids is 1. The van der Waals surface area contributed by atoms with Gasteiger partial charge in [-0.25, -0.2) is 4.79 Å². The SMILES string of the molecule is CC(N[S+]([O-])C(C)(C)C)c1cc(OC(N)=O)cc(C2(C)CC2)n1. The van der Waals surface area contributed by atoms with Crippen molar-refractivity contribution >= 4 is 17.5 Å². The van der Waals surface area contributed by atoms with Gasteiger partial charge in [0.25, 0.3) is 0 Å². The van der Waals surface area contributed by atoms with Gasteiger partial charge in [-0.15, -0.1) is 4.72 Å². The van der Waals surface area contributed by atoms with Crippen LogP contribution in [0.4, 0.5) is 4.79 Å². The minimum atomic E-state index is -1.22. The van der Waals surface area contributed by atoms with Crippen LogP contribution in [0.3, 0.4) is 0 Å². The molecule has 1 aliphatic rings. The van der Waals surface area contributed by atoms with Crippen molar-refractivity contribution in [3.63, 3.8) is 0 Å². The Hall–Kier alpha value is -1.31. The van der Waals surface area contributed by atoms with Crippen LogP contribution in [0.1, 0.15) is 64.9 Å². The first kappa shape index (κ1) is 18.0. The highest BCUT2D eigenvalue weighted by Gasteiger charge is 2.41. The molecule has 0 aliphatic heterocycles. The van der Waals surface area contributed by atoms with Gasteiger partial charge >= 0.3 is 6.09 Å². The standard InChI is InChI=1S/C16H25N3O3S/c1-10(19-23(21)15(2,3)4)12-8-11(22-14(17)20)9-13(18-12)16(5)6-7-16/h8-10,19H,6-7H2,1-5H3,(H2,17,20). The van der Waals surface area contributed by atoms with Gasteiger partial charge in [0.05, 0.1) is 17.4 Å². The van der Waals surface area contributed by atoms with Crippen molar-refractivity contribution in [1.82, 2.24) is 9.71 Å². The van der Waals surface area contributed by atoms with Crippen LogP contribution >= 0.6 is 0 Å². The molecule has 23 heavy (non-hydrogen) atoms. The number of nitrogens with two attached hydrogens (primary N) is 1. The van der Waals surface area contributed by atoms with Crippen molar-refractivity contribution in [2.45, 2.75) is 63.7 Å². The predicted molar refractivity (Wildman–Crippen MR) is 90.5 cm³/mol. The number of aromatic nitrogens is 1. The largest absolute Gasteiger partial charge is 0.598 e. The van der Waals surface area contributed by atoms with Crippen LogP contribution in [0, 0.1) is 0 Å². The molecule has 1 aromatic rings. The maximum absolute atomic E-state index is 12.3. The topological polar surface area (TPSA) is 100 Å². The maximum atomic E-state index is 12.3. The number of primary amides is 1. The summed E-state index contributed by atoms with van der Waals surface area (Å²) >= 11 is -1.22. The van der Waals surface area contributed by atoms with E-state index in [2.05, 4.69) is 16.6 Å². The van der Waals surface area contributed by atoms with Crippen LogP contribution in [-0.4, -0.2) is 20.4 Å². The molecule has 6 nitrogen and oxygen atoms in total. The number of hydrogen-bond acceptors (Lipinski definition) is 5. The molecule has 1 amide bonds. The van der Waals surface area contributed by atoms with Gasteiger partial charge in [-0.1, -0.05) is 6.92 Å². The number of ether oxygens (including phenoxy) is 1. The minimum absolute atomic E-state index is 0.0225. The van der Waals surface area contributed by atoms with Crippen molar-refractivity contribution in [2.24, 2.45) is 5.73 Å². The first-order chi connectivity index (χ1) is 10.5. The number of amides is 1. The van der Waals surface area contributed by atoms with Crippen LogP contribution in [-0.2, 0) is 16.8 Å². The van der Waals surface area contributed by atoms with E-state index in [0.29, 0.717) is 11.4 Å². The third kappa shape index (κ3) is 4.59. The summed E-state index contributed by atoms with van der Waals surface area (Å²) in [6.45, 7) is 9.72. The summed E-state index contributed by atoms with van der Waals surface area (Å²) in [7, 11) is 0. The van der Waals surface area contributed by atoms with Crippen LogP contribution in [0.2, 0.25) is 0 Å². The van der Waals surface area contributed by atoms with Gasteiger partial charge in [0.1, 0.15) is 10.5 Å². The molecular formula is C16H25N3O3S. The Morgan fingerprint density at radius 3 is 2.57 bits per heavy atom. The van der Waals surface area contributed by atoms with Crippen molar-refractivity contribution in [3.8, 4) is 5.75 Å². The highest BCUT2D eigenvalue weighted by Crippen LogP contribution is 2.47. The van der Waals surface area contributed by atoms with E-state index in [1.165, 1.54) is 0 Å². The molecule has 2 rings (SSSR count). The molecule has 3 N–H and O–H groups in total. The maximum Gasteiger partial charge on any atom is 0.409 e. The number of hydrogen-bond donors (Lipinski definition) is 2. The summed E-state index contributed by atoms with van der Waals surface area (Å²) in [5.41, 5.74) is 6.70. The highest BCUT2D eigenvalue weighted by atomic mass is 32.2. The average Bonchev–Trinajstić information content (AvgIpc) is 3.15. The van der Waals surface area contributed by atoms with E-state index in [0.717, 1.165) is 18.5 Å². The van der Waals surface area contributed by atoms with Crippen LogP contribution in [0.25, 0.3) is 0 Å². The number of carbonyl (C=O) groups is 1. The Morgan fingerprint density at radius 2 is 2.09 bits per heavy atom. The van der Waals surface area contributed by atoms with E-state index in [-0.39, 0.29) is 16.2 Å². The second kappa shape index (κ2) is 6.30. The van der Waals surface area contributed by atoms with Gasteiger partial charge in [-0.05, 0) is 40.5 Å². The molecule has 2 unspecified atom stereocenters. The highest BCUT2D eigenvalue weighted by molar-refractivity contribution is 7.90. The number of nitrogens with zero attached hydrogens (tertiary/aromatic N) is 1. The molecule has 1 aliphatic carbocycles. The van der Waals surface area contributed by atoms with Crippen LogP contribution in [0.15, 0.2) is 12.1 Å². The molecule has 1 fully saturated rings. The normalized spacial score (nSPS) is 19.0. The zero-order valence-corrected chi connectivity index (χ0v) is 15.1. The smallest absolute Gasteiger partial charge is 0.409 e. The molecule has 0 saturated heterocycles. The monoisotopic (exact) mass is 339 g/mol. The molecule has 7 heteroatoms. The lowest BCUT2D eigenvalue weighted by Gasteiger charge is -2.26. The lowest BCUT2D eigenvalue weighted by Crippen LogP contribution is -2.40. The lowest BCUT2D eigenvalue weighted by molar-refractivity contribution is 0.210. The first-order valence-corrected chi connectivity index (χ1v) is 8.84. The summed E-state index contributed by atoms with van der Waals surface area (Å²) in [5.74, 6) is 0.376. The van der Waals surface area contributed by atoms with Gasteiger partial charge in [-0.2, -0.15) is 0 Å². The molecule has 1 heterocycles. The molecule has 2 atom stereocenters. The number of nitrogens with one attached hydrogen (secondary N) is 1. The quantitative estimate of drug-likeness (QED) is 0.803. The predicted octanol–water partition coefficient (Wildman–Crippen LogP) is 2.70. The van der Waals surface area contributed by atoms with Gasteiger partial charge in [0.15, 0.2) is 0 Å². The summed E-state index contributed by atoms with van der Waals surface area (Å²) in [4.78, 5) is 15.7. The molecule has 0 aromatic carbocycles. The Balaban J connectivity index is 2.27. The lowest BCUT2D eigenvalue weighted by atomic mass is 10.0. The fourth-order valence-electron chi connectivity index (χ4n) is 2.07. The van der Waals surface area contributed by atoms with Crippen molar-refractivity contribution in [2.75, 3.05) is 0 Å². The molecule has 0 bridgehead atoms. The van der Waals surface area contributed by atoms with E-state index in [4.69, 9.17) is 10.5 Å². The van der Waals surface area contributed by atoms with E-state index in [1.807, 2.05) is 27.7 Å². The fourth-order valence-corrected chi connectivity index (χ4v) is 2.87. The second-order valence-electron chi connectivity index (χ2n) is 7.32.